The Morgan fingerprint density at radius 1 is 0.636 bits per heavy atom. The second-order valence-electron chi connectivity index (χ2n) is 7.86. The Balaban J connectivity index is 1.69. The van der Waals surface area contributed by atoms with E-state index < -0.39 is 0 Å². The molecule has 0 nitrogen and oxygen atoms in total. The minimum Gasteiger partial charge on any atom is -0.0997 e. The molecule has 0 aliphatic heterocycles. The maximum Gasteiger partial charge on any atom is 0.0620 e. The van der Waals surface area contributed by atoms with Gasteiger partial charge in [-0.2, -0.15) is 0 Å². The lowest BCUT2D eigenvalue weighted by atomic mass is 9.09. The zero-order valence-corrected chi connectivity index (χ0v) is 14.7. The molecular formula is C18H33B4. The number of rotatable bonds is 4. The second kappa shape index (κ2) is 10.9. The first-order chi connectivity index (χ1) is 10.8. The molecule has 0 aromatic heterocycles. The first kappa shape index (κ1) is 18.6. The summed E-state index contributed by atoms with van der Waals surface area (Å²) in [5, 5.41) is -0.0323. The zero-order valence-electron chi connectivity index (χ0n) is 14.7. The third-order valence-electron chi connectivity index (χ3n) is 5.75. The summed E-state index contributed by atoms with van der Waals surface area (Å²) in [7, 11) is 13.9. The van der Waals surface area contributed by atoms with E-state index in [4.69, 9.17) is 7.85 Å². The molecule has 0 amide bonds. The van der Waals surface area contributed by atoms with Crippen LogP contribution in [-0.2, 0) is 0 Å². The first-order valence-corrected chi connectivity index (χ1v) is 10.1. The lowest BCUT2D eigenvalue weighted by molar-refractivity contribution is 0.481. The Labute approximate surface area is 143 Å². The van der Waals surface area contributed by atoms with Gasteiger partial charge < -0.3 is 0 Å². The fourth-order valence-electron chi connectivity index (χ4n) is 4.17. The van der Waals surface area contributed by atoms with E-state index in [-0.39, 0.29) is 5.21 Å². The van der Waals surface area contributed by atoms with Gasteiger partial charge in [-0.15, -0.1) is 0 Å². The highest BCUT2D eigenvalue weighted by atomic mass is 14.1. The summed E-state index contributed by atoms with van der Waals surface area (Å²) in [6, 6.07) is 0. The Kier molecular flexibility index (Phi) is 9.24. The molecule has 2 saturated carbocycles. The van der Waals surface area contributed by atoms with Crippen LogP contribution in [0.1, 0.15) is 103 Å². The molecule has 2 fully saturated rings. The Bertz CT molecular complexity index is 264. The van der Waals surface area contributed by atoms with E-state index in [1.165, 1.54) is 103 Å². The van der Waals surface area contributed by atoms with Crippen molar-refractivity contribution in [2.24, 2.45) is 0 Å². The minimum absolute atomic E-state index is 0.0323. The maximum atomic E-state index is 6.71. The van der Waals surface area contributed by atoms with E-state index in [0.29, 0.717) is 0 Å². The summed E-state index contributed by atoms with van der Waals surface area (Å²) in [6.45, 7) is 0. The van der Waals surface area contributed by atoms with Crippen LogP contribution in [0.15, 0.2) is 0 Å². The summed E-state index contributed by atoms with van der Waals surface area (Å²) in [4.78, 5) is 0. The van der Waals surface area contributed by atoms with Crippen molar-refractivity contribution in [3.05, 3.63) is 0 Å². The largest absolute Gasteiger partial charge is 0.0997 e. The van der Waals surface area contributed by atoms with Crippen LogP contribution in [-0.4, -0.2) is 29.2 Å². The highest BCUT2D eigenvalue weighted by Crippen LogP contribution is 2.35. The van der Waals surface area contributed by atoms with Crippen LogP contribution >= 0.6 is 0 Å². The molecule has 4 heteroatoms. The van der Waals surface area contributed by atoms with Gasteiger partial charge in [-0.3, -0.25) is 0 Å². The molecule has 2 aliphatic carbocycles. The zero-order chi connectivity index (χ0) is 15.5. The van der Waals surface area contributed by atoms with Crippen LogP contribution < -0.4 is 0 Å². The van der Waals surface area contributed by atoms with Gasteiger partial charge in [0.1, 0.15) is 0 Å². The van der Waals surface area contributed by atoms with E-state index in [0.717, 1.165) is 5.82 Å². The molecule has 0 unspecified atom stereocenters. The lowest BCUT2D eigenvalue weighted by Gasteiger charge is -2.32. The van der Waals surface area contributed by atoms with Crippen molar-refractivity contribution in [1.29, 1.82) is 0 Å². The van der Waals surface area contributed by atoms with Crippen molar-refractivity contribution < 1.29 is 0 Å². The van der Waals surface area contributed by atoms with Crippen LogP contribution in [0, 0.1) is 0 Å². The molecule has 0 heterocycles. The van der Waals surface area contributed by atoms with Gasteiger partial charge in [-0.25, -0.2) is 0 Å². The number of hydrogen-bond donors (Lipinski definition) is 0. The average molecular weight is 293 g/mol. The van der Waals surface area contributed by atoms with E-state index in [2.05, 4.69) is 21.4 Å². The van der Waals surface area contributed by atoms with Crippen molar-refractivity contribution in [2.75, 3.05) is 0 Å². The van der Waals surface area contributed by atoms with Crippen LogP contribution in [0.2, 0.25) is 11.0 Å². The molecule has 0 saturated heterocycles. The summed E-state index contributed by atoms with van der Waals surface area (Å²) in [5.74, 6) is 0.805. The van der Waals surface area contributed by atoms with Crippen molar-refractivity contribution in [3.63, 3.8) is 0 Å². The van der Waals surface area contributed by atoms with Gasteiger partial charge in [0, 0.05) is 7.06 Å². The van der Waals surface area contributed by atoms with E-state index in [1.807, 2.05) is 0 Å². The Morgan fingerprint density at radius 3 is 1.64 bits per heavy atom. The molecule has 0 aromatic carbocycles. The molecule has 0 atom stereocenters. The molecule has 2 aliphatic rings. The first-order valence-electron chi connectivity index (χ1n) is 10.1. The highest BCUT2D eigenvalue weighted by molar-refractivity contribution is 7.31. The van der Waals surface area contributed by atoms with Gasteiger partial charge in [0.05, 0.1) is 22.2 Å². The minimum atomic E-state index is -0.0323. The summed E-state index contributed by atoms with van der Waals surface area (Å²) < 4.78 is 0. The molecule has 5 radical (unpaired) electrons. The van der Waals surface area contributed by atoms with E-state index >= 15 is 0 Å². The Morgan fingerprint density at radius 2 is 1.09 bits per heavy atom. The molecule has 0 N–H and O–H groups in total. The maximum absolute atomic E-state index is 6.71. The van der Waals surface area contributed by atoms with Gasteiger partial charge >= 0.3 is 0 Å². The molecular weight excluding hydrogens is 259 g/mol. The normalized spacial score (nSPS) is 25.5. The summed E-state index contributed by atoms with van der Waals surface area (Å²) in [5.41, 5.74) is 0. The molecule has 2 rings (SSSR count). The number of hydrogen-bond acceptors (Lipinski definition) is 0. The monoisotopic (exact) mass is 293 g/mol. The van der Waals surface area contributed by atoms with Gasteiger partial charge in [0.2, 0.25) is 0 Å². The van der Waals surface area contributed by atoms with Gasteiger partial charge in [0.25, 0.3) is 0 Å². The van der Waals surface area contributed by atoms with Crippen LogP contribution in [0.25, 0.3) is 0 Å². The Hall–Kier alpha value is 0.260. The predicted molar refractivity (Wildman–Crippen MR) is 103 cm³/mol. The molecule has 0 aromatic rings. The molecule has 117 valence electrons. The topological polar surface area (TPSA) is 0 Å². The second-order valence-corrected chi connectivity index (χ2v) is 7.86. The van der Waals surface area contributed by atoms with Gasteiger partial charge in [0.15, 0.2) is 0 Å². The van der Waals surface area contributed by atoms with Gasteiger partial charge in [-0.05, 0) is 0 Å². The lowest BCUT2D eigenvalue weighted by Crippen LogP contribution is -2.31. The molecule has 22 heavy (non-hydrogen) atoms. The third-order valence-corrected chi connectivity index (χ3v) is 5.75. The quantitative estimate of drug-likeness (QED) is 0.619. The van der Waals surface area contributed by atoms with Crippen LogP contribution in [0.5, 0.6) is 0 Å². The van der Waals surface area contributed by atoms with Crippen molar-refractivity contribution >= 4 is 29.2 Å². The fourth-order valence-corrected chi connectivity index (χ4v) is 4.17. The van der Waals surface area contributed by atoms with Crippen molar-refractivity contribution in [2.45, 2.75) is 114 Å². The van der Waals surface area contributed by atoms with E-state index in [1.54, 1.807) is 0 Å². The summed E-state index contributed by atoms with van der Waals surface area (Å²) >= 11 is 0. The van der Waals surface area contributed by atoms with Crippen molar-refractivity contribution in [3.8, 4) is 0 Å². The molecule has 0 bridgehead atoms. The molecule has 0 spiro atoms. The SMILES string of the molecule is [B]C1([B][B][B]C2CCCCCCC2)CCCCCCCCC1. The fraction of sp³-hybridized carbons (Fsp3) is 1.00. The van der Waals surface area contributed by atoms with Crippen LogP contribution in [0.4, 0.5) is 0 Å². The smallest absolute Gasteiger partial charge is 0.0620 e. The van der Waals surface area contributed by atoms with Crippen LogP contribution in [0.3, 0.4) is 0 Å². The van der Waals surface area contributed by atoms with Crippen molar-refractivity contribution in [1.82, 2.24) is 0 Å². The standard InChI is InChI=1S/C18H33B4/c19-18(15-11-7-2-1-3-8-12-16-18)21-22-20-17-13-9-5-4-6-10-14-17/h17H,1-16H2. The third kappa shape index (κ3) is 7.69. The highest BCUT2D eigenvalue weighted by Gasteiger charge is 2.24. The average Bonchev–Trinajstić information content (AvgIpc) is 2.48. The van der Waals surface area contributed by atoms with Gasteiger partial charge in [-0.1, -0.05) is 114 Å². The summed E-state index contributed by atoms with van der Waals surface area (Å²) in [6.07, 6.45) is 21.9. The van der Waals surface area contributed by atoms with E-state index in [9.17, 15) is 0 Å². The predicted octanol–water partition coefficient (Wildman–Crippen LogP) is 5.27.